The third kappa shape index (κ3) is 4.50. The van der Waals surface area contributed by atoms with E-state index in [2.05, 4.69) is 33.0 Å². The van der Waals surface area contributed by atoms with Crippen LogP contribution in [0.4, 0.5) is 5.69 Å². The maximum Gasteiger partial charge on any atom is 0.342 e. The van der Waals surface area contributed by atoms with Crippen molar-refractivity contribution in [2.45, 2.75) is 46.5 Å². The maximum atomic E-state index is 12.3. The second kappa shape index (κ2) is 8.01. The van der Waals surface area contributed by atoms with E-state index in [4.69, 9.17) is 9.15 Å². The lowest BCUT2D eigenvalue weighted by Gasteiger charge is -2.20. The van der Waals surface area contributed by atoms with E-state index in [1.54, 1.807) is 6.92 Å². The van der Waals surface area contributed by atoms with Crippen molar-refractivity contribution in [2.75, 3.05) is 11.9 Å². The molecule has 2 rings (SSSR count). The minimum atomic E-state index is -0.567. The molecule has 0 aliphatic rings. The Kier molecular flexibility index (Phi) is 6.02. The molecule has 1 aromatic carbocycles. The summed E-state index contributed by atoms with van der Waals surface area (Å²) in [6, 6.07) is 7.54. The molecule has 134 valence electrons. The lowest BCUT2D eigenvalue weighted by molar-refractivity contribution is -0.119. The normalized spacial score (nSPS) is 11.0. The van der Waals surface area contributed by atoms with Crippen molar-refractivity contribution in [1.82, 2.24) is 0 Å². The van der Waals surface area contributed by atoms with Gasteiger partial charge in [-0.1, -0.05) is 45.9 Å². The quantitative estimate of drug-likeness (QED) is 0.776. The van der Waals surface area contributed by atoms with Gasteiger partial charge in [0.05, 0.1) is 6.26 Å². The zero-order chi connectivity index (χ0) is 18.6. The van der Waals surface area contributed by atoms with Crippen LogP contribution in [-0.4, -0.2) is 18.5 Å². The third-order valence-electron chi connectivity index (χ3n) is 4.05. The Labute approximate surface area is 148 Å². The second-order valence-corrected chi connectivity index (χ2v) is 6.64. The Morgan fingerprint density at radius 3 is 2.16 bits per heavy atom. The van der Waals surface area contributed by atoms with E-state index in [0.717, 1.165) is 16.8 Å². The first kappa shape index (κ1) is 18.8. The van der Waals surface area contributed by atoms with Crippen LogP contribution in [0.15, 0.2) is 34.9 Å². The van der Waals surface area contributed by atoms with Crippen LogP contribution in [0, 0.1) is 6.92 Å². The molecule has 1 heterocycles. The molecule has 0 bridgehead atoms. The van der Waals surface area contributed by atoms with Crippen molar-refractivity contribution in [3.05, 3.63) is 53.0 Å². The van der Waals surface area contributed by atoms with Crippen molar-refractivity contribution < 1.29 is 18.7 Å². The van der Waals surface area contributed by atoms with E-state index in [0.29, 0.717) is 11.3 Å². The van der Waals surface area contributed by atoms with E-state index in [-0.39, 0.29) is 24.3 Å². The molecule has 0 aliphatic heterocycles. The number of amides is 1. The number of hydrogen-bond acceptors (Lipinski definition) is 4. The van der Waals surface area contributed by atoms with Crippen LogP contribution in [0.3, 0.4) is 0 Å². The van der Waals surface area contributed by atoms with Gasteiger partial charge in [-0.3, -0.25) is 4.79 Å². The highest BCUT2D eigenvalue weighted by Crippen LogP contribution is 2.32. The number of aryl methyl sites for hydroxylation is 1. The average molecular weight is 343 g/mol. The van der Waals surface area contributed by atoms with Gasteiger partial charge in [0.15, 0.2) is 6.61 Å². The Balaban J connectivity index is 2.10. The number of esters is 1. The first-order valence-corrected chi connectivity index (χ1v) is 8.45. The van der Waals surface area contributed by atoms with Gasteiger partial charge in [0.2, 0.25) is 0 Å². The largest absolute Gasteiger partial charge is 0.469 e. The van der Waals surface area contributed by atoms with Crippen LogP contribution in [0.2, 0.25) is 0 Å². The molecule has 5 heteroatoms. The summed E-state index contributed by atoms with van der Waals surface area (Å²) in [6.07, 6.45) is 1.42. The van der Waals surface area contributed by atoms with Gasteiger partial charge < -0.3 is 14.5 Å². The Morgan fingerprint density at radius 1 is 1.08 bits per heavy atom. The van der Waals surface area contributed by atoms with Gasteiger partial charge in [-0.2, -0.15) is 0 Å². The summed E-state index contributed by atoms with van der Waals surface area (Å²) in [5.74, 6) is 0.0834. The molecule has 0 spiro atoms. The van der Waals surface area contributed by atoms with E-state index in [1.165, 1.54) is 12.3 Å². The first-order chi connectivity index (χ1) is 11.8. The molecule has 1 N–H and O–H groups in total. The molecule has 2 aromatic rings. The van der Waals surface area contributed by atoms with Crippen molar-refractivity contribution in [2.24, 2.45) is 0 Å². The molecule has 5 nitrogen and oxygen atoms in total. The smallest absolute Gasteiger partial charge is 0.342 e. The molecule has 0 fully saturated rings. The molecule has 0 saturated carbocycles. The van der Waals surface area contributed by atoms with Crippen molar-refractivity contribution >= 4 is 17.6 Å². The minimum absolute atomic E-state index is 0.269. The average Bonchev–Trinajstić information content (AvgIpc) is 2.98. The summed E-state index contributed by atoms with van der Waals surface area (Å²) in [5, 5.41) is 2.92. The zero-order valence-corrected chi connectivity index (χ0v) is 15.4. The van der Waals surface area contributed by atoms with Crippen molar-refractivity contribution in [3.8, 4) is 0 Å². The van der Waals surface area contributed by atoms with Gasteiger partial charge in [0.25, 0.3) is 5.91 Å². The van der Waals surface area contributed by atoms with Gasteiger partial charge in [-0.05, 0) is 36.0 Å². The third-order valence-corrected chi connectivity index (χ3v) is 4.05. The SMILES string of the molecule is Cc1occc1C(=O)OCC(=O)Nc1c(C(C)C)cccc1C(C)C. The van der Waals surface area contributed by atoms with Crippen LogP contribution >= 0.6 is 0 Å². The number of nitrogens with one attached hydrogen (secondary N) is 1. The molecular weight excluding hydrogens is 318 g/mol. The Hall–Kier alpha value is -2.56. The molecule has 0 aliphatic carbocycles. The summed E-state index contributed by atoms with van der Waals surface area (Å²) < 4.78 is 10.2. The summed E-state index contributed by atoms with van der Waals surface area (Å²) in [6.45, 7) is 9.65. The van der Waals surface area contributed by atoms with E-state index in [1.807, 2.05) is 18.2 Å². The lowest BCUT2D eigenvalue weighted by atomic mass is 9.92. The van der Waals surface area contributed by atoms with Gasteiger partial charge in [0.1, 0.15) is 11.3 Å². The van der Waals surface area contributed by atoms with Gasteiger partial charge >= 0.3 is 5.97 Å². The fourth-order valence-corrected chi connectivity index (χ4v) is 2.68. The zero-order valence-electron chi connectivity index (χ0n) is 15.4. The number of hydrogen-bond donors (Lipinski definition) is 1. The Bertz CT molecular complexity index is 733. The second-order valence-electron chi connectivity index (χ2n) is 6.64. The standard InChI is InChI=1S/C20H25NO4/c1-12(2)15-7-6-8-16(13(3)4)19(15)21-18(22)11-25-20(23)17-9-10-24-14(17)5/h6-10,12-13H,11H2,1-5H3,(H,21,22). The number of carbonyl (C=O) groups is 2. The van der Waals surface area contributed by atoms with Crippen LogP contribution in [0.25, 0.3) is 0 Å². The number of para-hydroxylation sites is 1. The monoisotopic (exact) mass is 343 g/mol. The minimum Gasteiger partial charge on any atom is -0.469 e. The fraction of sp³-hybridized carbons (Fsp3) is 0.400. The summed E-state index contributed by atoms with van der Waals surface area (Å²) in [7, 11) is 0. The molecule has 25 heavy (non-hydrogen) atoms. The number of benzene rings is 1. The summed E-state index contributed by atoms with van der Waals surface area (Å²) >= 11 is 0. The highest BCUT2D eigenvalue weighted by molar-refractivity contribution is 5.96. The highest BCUT2D eigenvalue weighted by Gasteiger charge is 2.18. The van der Waals surface area contributed by atoms with Crippen LogP contribution in [-0.2, 0) is 9.53 Å². The molecule has 0 radical (unpaired) electrons. The lowest BCUT2D eigenvalue weighted by Crippen LogP contribution is -2.22. The van der Waals surface area contributed by atoms with Crippen LogP contribution in [0.1, 0.15) is 66.8 Å². The highest BCUT2D eigenvalue weighted by atomic mass is 16.5. The Morgan fingerprint density at radius 2 is 1.68 bits per heavy atom. The number of rotatable bonds is 6. The van der Waals surface area contributed by atoms with E-state index >= 15 is 0 Å². The van der Waals surface area contributed by atoms with Crippen LogP contribution < -0.4 is 5.32 Å². The molecular formula is C20H25NO4. The van der Waals surface area contributed by atoms with Gasteiger partial charge in [0, 0.05) is 5.69 Å². The predicted octanol–water partition coefficient (Wildman–Crippen LogP) is 4.63. The van der Waals surface area contributed by atoms with E-state index in [9.17, 15) is 9.59 Å². The topological polar surface area (TPSA) is 68.5 Å². The molecule has 0 saturated heterocycles. The first-order valence-electron chi connectivity index (χ1n) is 8.45. The molecule has 1 aromatic heterocycles. The van der Waals surface area contributed by atoms with Crippen molar-refractivity contribution in [3.63, 3.8) is 0 Å². The maximum absolute atomic E-state index is 12.3. The summed E-state index contributed by atoms with van der Waals surface area (Å²) in [5.41, 5.74) is 3.28. The van der Waals surface area contributed by atoms with E-state index < -0.39 is 5.97 Å². The predicted molar refractivity (Wildman–Crippen MR) is 97.0 cm³/mol. The number of furan rings is 1. The van der Waals surface area contributed by atoms with Gasteiger partial charge in [-0.15, -0.1) is 0 Å². The summed E-state index contributed by atoms with van der Waals surface area (Å²) in [4.78, 5) is 24.3. The van der Waals surface area contributed by atoms with Gasteiger partial charge in [-0.25, -0.2) is 4.79 Å². The fourth-order valence-electron chi connectivity index (χ4n) is 2.68. The number of ether oxygens (including phenoxy) is 1. The molecule has 0 atom stereocenters. The number of anilines is 1. The molecule has 1 amide bonds. The number of carbonyl (C=O) groups excluding carboxylic acids is 2. The van der Waals surface area contributed by atoms with Crippen LogP contribution in [0.5, 0.6) is 0 Å². The molecule has 0 unspecified atom stereocenters. The van der Waals surface area contributed by atoms with Crippen molar-refractivity contribution in [1.29, 1.82) is 0 Å².